The lowest BCUT2D eigenvalue weighted by molar-refractivity contribution is -0.657. The first-order chi connectivity index (χ1) is 32.0. The molecule has 0 aliphatic rings. The number of rotatable bonds is 7. The Morgan fingerprint density at radius 1 is 0.338 bits per heavy atom. The van der Waals surface area contributed by atoms with Crippen LogP contribution < -0.4 is 26.4 Å². The monoisotopic (exact) mass is 977 g/mol. The van der Waals surface area contributed by atoms with E-state index in [-0.39, 0.29) is 5.78 Å². The molecule has 0 radical (unpaired) electrons. The summed E-state index contributed by atoms with van der Waals surface area (Å²) in [7, 11) is 0. The van der Waals surface area contributed by atoms with Crippen LogP contribution in [0.3, 0.4) is 0 Å². The molecule has 8 aromatic rings. The number of para-hydroxylation sites is 1. The lowest BCUT2D eigenvalue weighted by Gasteiger charge is -2.44. The second-order valence-corrected chi connectivity index (χ2v) is 14.4. The van der Waals surface area contributed by atoms with Gasteiger partial charge in [0.15, 0.2) is 76.0 Å². The van der Waals surface area contributed by atoms with E-state index in [1.807, 2.05) is 77.5 Å². The third-order valence-electron chi connectivity index (χ3n) is 10.9. The van der Waals surface area contributed by atoms with E-state index in [2.05, 4.69) is 12.1 Å². The molecule has 0 bridgehead atoms. The zero-order chi connectivity index (χ0) is 50.0. The molecule has 8 rings (SSSR count). The number of hydrogen-bond acceptors (Lipinski definition) is 1. The highest BCUT2D eigenvalue weighted by molar-refractivity contribution is 7.20. The molecule has 0 aliphatic carbocycles. The van der Waals surface area contributed by atoms with Gasteiger partial charge in [0, 0.05) is 23.1 Å². The molecular weight excluding hydrogens is 961 g/mol. The van der Waals surface area contributed by atoms with E-state index >= 15 is 35.1 Å². The summed E-state index contributed by atoms with van der Waals surface area (Å²) in [6.07, 6.45) is -5.25. The summed E-state index contributed by atoms with van der Waals surface area (Å²) in [5.41, 5.74) is -12.5. The fourth-order valence-corrected chi connectivity index (χ4v) is 7.94. The van der Waals surface area contributed by atoms with Crippen molar-refractivity contribution in [2.75, 3.05) is 0 Å². The summed E-state index contributed by atoms with van der Waals surface area (Å²) in [5, 5.41) is 3.25. The van der Waals surface area contributed by atoms with Crippen molar-refractivity contribution in [3.8, 4) is 0 Å². The molecule has 0 fully saturated rings. The van der Waals surface area contributed by atoms with Crippen molar-refractivity contribution in [2.45, 2.75) is 6.54 Å². The molecule has 0 N–H and O–H groups in total. The fraction of sp³-hybridized carbons (Fsp3) is 0.0222. The van der Waals surface area contributed by atoms with Gasteiger partial charge in [0.2, 0.25) is 17.8 Å². The van der Waals surface area contributed by atoms with Crippen molar-refractivity contribution in [3.63, 3.8) is 0 Å². The van der Waals surface area contributed by atoms with Crippen molar-refractivity contribution in [1.29, 1.82) is 0 Å². The third-order valence-corrected chi connectivity index (χ3v) is 10.9. The molecule has 0 aliphatic heterocycles. The third kappa shape index (κ3) is 7.34. The quantitative estimate of drug-likeness (QED) is 0.0390. The van der Waals surface area contributed by atoms with Gasteiger partial charge in [0.05, 0.1) is 0 Å². The van der Waals surface area contributed by atoms with Gasteiger partial charge in [0.25, 0.3) is 0 Å². The molecule has 0 unspecified atom stereocenters. The Morgan fingerprint density at radius 2 is 0.632 bits per heavy atom. The number of pyridine rings is 1. The minimum Gasteiger partial charge on any atom is -0.287 e. The second-order valence-electron chi connectivity index (χ2n) is 14.4. The average molecular weight is 977 g/mol. The number of hydrogen-bond donors (Lipinski definition) is 0. The van der Waals surface area contributed by atoms with Gasteiger partial charge in [-0.15, -0.1) is 21.9 Å². The molecule has 0 atom stereocenters. The molecule has 350 valence electrons. The summed E-state index contributed by atoms with van der Waals surface area (Å²) in [5.74, 6) is -71.3. The van der Waals surface area contributed by atoms with Crippen LogP contribution in [0.15, 0.2) is 85.1 Å². The van der Waals surface area contributed by atoms with E-state index in [0.717, 1.165) is 27.2 Å². The van der Waals surface area contributed by atoms with Crippen molar-refractivity contribution in [2.24, 2.45) is 0 Å². The van der Waals surface area contributed by atoms with Gasteiger partial charge in [-0.1, -0.05) is 54.6 Å². The highest BCUT2D eigenvalue weighted by Crippen LogP contribution is 2.31. The summed E-state index contributed by atoms with van der Waals surface area (Å²) >= 11 is 0. The Hall–Kier alpha value is -7.46. The van der Waals surface area contributed by atoms with Crippen LogP contribution in [0.4, 0.5) is 87.8 Å². The molecular formula is C45H16BF20NO. The number of fused-ring (bicyclic) bond motifs is 2. The molecule has 0 saturated carbocycles. The van der Waals surface area contributed by atoms with Gasteiger partial charge in [-0.2, -0.15) is 4.57 Å². The van der Waals surface area contributed by atoms with Crippen LogP contribution >= 0.6 is 0 Å². The molecule has 7 aromatic carbocycles. The van der Waals surface area contributed by atoms with Crippen LogP contribution in [0.25, 0.3) is 21.7 Å². The summed E-state index contributed by atoms with van der Waals surface area (Å²) in [4.78, 5) is 12.9. The van der Waals surface area contributed by atoms with Crippen LogP contribution in [0.1, 0.15) is 10.4 Å². The summed E-state index contributed by atoms with van der Waals surface area (Å²) in [6, 6.07) is 26.1. The Kier molecular flexibility index (Phi) is 12.8. The van der Waals surface area contributed by atoms with Gasteiger partial charge in [-0.25, -0.2) is 87.8 Å². The van der Waals surface area contributed by atoms with Crippen LogP contribution in [-0.2, 0) is 6.54 Å². The number of benzene rings is 7. The Labute approximate surface area is 365 Å². The number of nitrogens with zero attached hydrogens (tertiary/aromatic N) is 1. The zero-order valence-electron chi connectivity index (χ0n) is 32.8. The highest BCUT2D eigenvalue weighted by atomic mass is 19.2. The summed E-state index contributed by atoms with van der Waals surface area (Å²) in [6.45, 7) is 0.343. The van der Waals surface area contributed by atoms with Gasteiger partial charge in [-0.3, -0.25) is 4.79 Å². The van der Waals surface area contributed by atoms with Crippen LogP contribution in [0.5, 0.6) is 0 Å². The molecule has 23 heteroatoms. The number of carbonyl (C=O) groups is 1. The maximum Gasteiger partial charge on any atom is 0.228 e. The first-order valence-electron chi connectivity index (χ1n) is 18.6. The molecule has 1 heterocycles. The van der Waals surface area contributed by atoms with Gasteiger partial charge in [-0.05, 0) is 22.9 Å². The van der Waals surface area contributed by atoms with Crippen molar-refractivity contribution in [1.82, 2.24) is 0 Å². The van der Waals surface area contributed by atoms with E-state index in [9.17, 15) is 57.5 Å². The van der Waals surface area contributed by atoms with E-state index in [4.69, 9.17) is 0 Å². The van der Waals surface area contributed by atoms with Crippen molar-refractivity contribution < 1.29 is 97.2 Å². The maximum atomic E-state index is 15.4. The van der Waals surface area contributed by atoms with Gasteiger partial charge < -0.3 is 0 Å². The first kappa shape index (κ1) is 48.5. The normalized spacial score (nSPS) is 11.6. The predicted octanol–water partition coefficient (Wildman–Crippen LogP) is 10.0. The minimum atomic E-state index is -7.22. The SMILES string of the molecule is Fc1c(F)c(F)c([B-](c2c(F)c(F)c(F)c(F)c2F)(c2c(F)c(F)c(F)c(F)c2F)c2c(F)c(F)c(F)c(F)c2F)c(F)c1F.O=C(C[n+]1cccc2ccccc21)c1cccc2ccccc12. The average Bonchev–Trinajstić information content (AvgIpc) is 3.34. The highest BCUT2D eigenvalue weighted by Gasteiger charge is 2.52. The lowest BCUT2D eigenvalue weighted by atomic mass is 9.12. The largest absolute Gasteiger partial charge is 0.287 e. The predicted molar refractivity (Wildman–Crippen MR) is 202 cm³/mol. The second kappa shape index (κ2) is 18.0. The lowest BCUT2D eigenvalue weighted by Crippen LogP contribution is -2.81. The van der Waals surface area contributed by atoms with Crippen molar-refractivity contribution in [3.05, 3.63) is 207 Å². The fourth-order valence-electron chi connectivity index (χ4n) is 7.94. The molecule has 1 aromatic heterocycles. The number of Topliss-reactive ketones (excluding diaryl/α,β-unsaturated/α-hetero) is 1. The molecule has 0 amide bonds. The van der Waals surface area contributed by atoms with Crippen LogP contribution in [-0.4, -0.2) is 11.9 Å². The standard InChI is InChI=1S/C24BF20.C21H16NO/c26-5-1(6(27)14(35)21(42)13(5)34)25(2-7(28)15(36)22(43)16(37)8(2)29,3-9(30)17(38)23(44)18(39)10(3)31)4-11(32)19(40)24(45)20(41)12(4)33;23-21(19-12-5-9-16-7-1-3-11-18(16)19)15-22-14-6-10-17-8-2-4-13-20(17)22/h;1-14H,15H2/q-1;+1. The summed E-state index contributed by atoms with van der Waals surface area (Å²) < 4.78 is 296. The Bertz CT molecular complexity index is 3030. The maximum absolute atomic E-state index is 15.4. The number of ketones is 1. The Morgan fingerprint density at radius 3 is 1.01 bits per heavy atom. The minimum absolute atomic E-state index is 0.128. The zero-order valence-corrected chi connectivity index (χ0v) is 32.8. The number of carbonyl (C=O) groups excluding carboxylic acids is 1. The Balaban J connectivity index is 0.000000246. The van der Waals surface area contributed by atoms with Crippen LogP contribution in [0.2, 0.25) is 0 Å². The molecule has 0 spiro atoms. The molecule has 2 nitrogen and oxygen atoms in total. The van der Waals surface area contributed by atoms with Crippen molar-refractivity contribution >= 4 is 55.5 Å². The number of aromatic nitrogens is 1. The molecule has 0 saturated heterocycles. The number of halogens is 20. The molecule has 68 heavy (non-hydrogen) atoms. The van der Waals surface area contributed by atoms with Gasteiger partial charge in [0.1, 0.15) is 52.7 Å². The van der Waals surface area contributed by atoms with E-state index < -0.39 is 144 Å². The van der Waals surface area contributed by atoms with Crippen LogP contribution in [0, 0.1) is 116 Å². The first-order valence-corrected chi connectivity index (χ1v) is 18.6. The van der Waals surface area contributed by atoms with Gasteiger partial charge >= 0.3 is 0 Å². The van der Waals surface area contributed by atoms with E-state index in [1.165, 1.54) is 0 Å². The topological polar surface area (TPSA) is 20.9 Å². The van der Waals surface area contributed by atoms with E-state index in [1.54, 1.807) is 0 Å². The smallest absolute Gasteiger partial charge is 0.228 e. The van der Waals surface area contributed by atoms with E-state index in [0.29, 0.717) is 6.54 Å².